The summed E-state index contributed by atoms with van der Waals surface area (Å²) in [6, 6.07) is 11.0. The van der Waals surface area contributed by atoms with Crippen LogP contribution in [0, 0.1) is 5.41 Å². The van der Waals surface area contributed by atoms with Crippen LogP contribution in [0.2, 0.25) is 0 Å². The first-order valence-electron chi connectivity index (χ1n) is 9.36. The highest BCUT2D eigenvalue weighted by Gasteiger charge is 2.48. The Kier molecular flexibility index (Phi) is 6.30. The Hall–Kier alpha value is -2.49. The minimum Gasteiger partial charge on any atom is -0.508 e. The largest absolute Gasteiger partial charge is 0.508 e. The average molecular weight is 355 g/mol. The molecule has 0 fully saturated rings. The molecule has 1 spiro atoms. The number of aromatic hydroxyl groups is 2. The molecule has 0 heterocycles. The summed E-state index contributed by atoms with van der Waals surface area (Å²) in [5, 5.41) is 23.8. The van der Waals surface area contributed by atoms with E-state index in [1.54, 1.807) is 19.2 Å². The van der Waals surface area contributed by atoms with Crippen LogP contribution >= 0.6 is 0 Å². The summed E-state index contributed by atoms with van der Waals surface area (Å²) in [4.78, 5) is 5.10. The second-order valence-corrected chi connectivity index (χ2v) is 6.23. The van der Waals surface area contributed by atoms with Gasteiger partial charge in [-0.25, -0.2) is 0 Å². The third-order valence-electron chi connectivity index (χ3n) is 4.81. The number of hydrogen-bond donors (Lipinski definition) is 2. The lowest BCUT2D eigenvalue weighted by Gasteiger charge is -2.23. The second kappa shape index (κ2) is 8.26. The highest BCUT2D eigenvalue weighted by Crippen LogP contribution is 2.48. The summed E-state index contributed by atoms with van der Waals surface area (Å²) in [6.07, 6.45) is 2.53. The molecule has 4 nitrogen and oxygen atoms in total. The van der Waals surface area contributed by atoms with Gasteiger partial charge >= 0.3 is 0 Å². The molecule has 1 unspecified atom stereocenters. The number of oxime groups is 1. The Morgan fingerprint density at radius 1 is 0.808 bits per heavy atom. The molecule has 0 amide bonds. The maximum absolute atomic E-state index is 9.75. The highest BCUT2D eigenvalue weighted by atomic mass is 16.6. The molecule has 0 aromatic heterocycles. The van der Waals surface area contributed by atoms with Crippen LogP contribution in [0.25, 0.3) is 0 Å². The van der Waals surface area contributed by atoms with Crippen LogP contribution in [0.5, 0.6) is 11.5 Å². The fourth-order valence-corrected chi connectivity index (χ4v) is 3.96. The lowest BCUT2D eigenvalue weighted by molar-refractivity contribution is 0.208. The predicted molar refractivity (Wildman–Crippen MR) is 106 cm³/mol. The van der Waals surface area contributed by atoms with E-state index in [2.05, 4.69) is 5.16 Å². The lowest BCUT2D eigenvalue weighted by atomic mass is 9.80. The van der Waals surface area contributed by atoms with Crippen LogP contribution in [0.1, 0.15) is 49.9 Å². The first-order valence-corrected chi connectivity index (χ1v) is 9.36. The monoisotopic (exact) mass is 355 g/mol. The third kappa shape index (κ3) is 3.41. The van der Waals surface area contributed by atoms with Gasteiger partial charge in [-0.05, 0) is 66.3 Å². The van der Waals surface area contributed by atoms with Gasteiger partial charge in [0.1, 0.15) is 18.6 Å². The van der Waals surface area contributed by atoms with Crippen LogP contribution in [-0.2, 0) is 24.1 Å². The average Bonchev–Trinajstić information content (AvgIpc) is 3.15. The van der Waals surface area contributed by atoms with Crippen molar-refractivity contribution in [3.8, 4) is 11.5 Å². The molecule has 2 aliphatic rings. The molecule has 0 saturated carbocycles. The van der Waals surface area contributed by atoms with E-state index in [-0.39, 0.29) is 11.2 Å². The van der Waals surface area contributed by atoms with Gasteiger partial charge in [-0.1, -0.05) is 38.9 Å². The minimum absolute atomic E-state index is 0.137. The fraction of sp³-hybridized carbons (Fsp3) is 0.409. The van der Waals surface area contributed by atoms with Gasteiger partial charge in [0.05, 0.1) is 5.71 Å². The summed E-state index contributed by atoms with van der Waals surface area (Å²) in [7, 11) is 1.56. The summed E-state index contributed by atoms with van der Waals surface area (Å²) < 4.78 is 0. The second-order valence-electron chi connectivity index (χ2n) is 6.23. The van der Waals surface area contributed by atoms with Gasteiger partial charge < -0.3 is 15.1 Å². The lowest BCUT2D eigenvalue weighted by Crippen LogP contribution is -2.29. The van der Waals surface area contributed by atoms with Crippen molar-refractivity contribution < 1.29 is 15.1 Å². The number of benzene rings is 2. The zero-order chi connectivity index (χ0) is 19.3. The zero-order valence-corrected chi connectivity index (χ0v) is 16.3. The van der Waals surface area contributed by atoms with Crippen LogP contribution in [0.4, 0.5) is 0 Å². The number of hydrogen-bond acceptors (Lipinski definition) is 4. The molecule has 0 radical (unpaired) electrons. The van der Waals surface area contributed by atoms with Gasteiger partial charge in [-0.2, -0.15) is 0 Å². The fourth-order valence-electron chi connectivity index (χ4n) is 3.96. The van der Waals surface area contributed by atoms with E-state index in [4.69, 9.17) is 4.84 Å². The van der Waals surface area contributed by atoms with Gasteiger partial charge in [0.25, 0.3) is 0 Å². The smallest absolute Gasteiger partial charge is 0.115 e. The highest BCUT2D eigenvalue weighted by molar-refractivity contribution is 6.09. The van der Waals surface area contributed by atoms with Crippen molar-refractivity contribution in [2.45, 2.75) is 47.0 Å². The summed E-state index contributed by atoms with van der Waals surface area (Å²) in [6.45, 7) is 8.00. The number of rotatable bonds is 1. The van der Waals surface area contributed by atoms with Crippen molar-refractivity contribution in [2.24, 2.45) is 10.6 Å². The Balaban J connectivity index is 0.000000570. The normalized spacial score (nSPS) is 20.6. The quantitative estimate of drug-likeness (QED) is 0.719. The minimum atomic E-state index is -0.137. The first-order chi connectivity index (χ1) is 12.6. The molecule has 4 rings (SSSR count). The number of phenolic OH excluding ortho intramolecular Hbond substituents is 2. The molecule has 0 aliphatic heterocycles. The van der Waals surface area contributed by atoms with E-state index in [9.17, 15) is 10.2 Å². The van der Waals surface area contributed by atoms with E-state index >= 15 is 0 Å². The maximum Gasteiger partial charge on any atom is 0.115 e. The third-order valence-corrected chi connectivity index (χ3v) is 4.81. The van der Waals surface area contributed by atoms with Crippen molar-refractivity contribution >= 4 is 5.71 Å². The summed E-state index contributed by atoms with van der Waals surface area (Å²) in [5.74, 6) is 0.579. The molecule has 1 atom stereocenters. The molecule has 4 heteroatoms. The van der Waals surface area contributed by atoms with Crippen molar-refractivity contribution in [2.75, 3.05) is 7.11 Å². The number of fused-ring (bicyclic) bond motifs is 2. The molecular weight excluding hydrogens is 326 g/mol. The van der Waals surface area contributed by atoms with Crippen molar-refractivity contribution in [3.63, 3.8) is 0 Å². The molecule has 2 aromatic rings. The molecule has 2 aliphatic carbocycles. The first kappa shape index (κ1) is 19.8. The Labute approximate surface area is 156 Å². The van der Waals surface area contributed by atoms with Crippen molar-refractivity contribution in [1.29, 1.82) is 0 Å². The van der Waals surface area contributed by atoms with Gasteiger partial charge in [0.2, 0.25) is 0 Å². The Morgan fingerprint density at radius 3 is 2.00 bits per heavy atom. The van der Waals surface area contributed by atoms with Crippen LogP contribution in [-0.4, -0.2) is 23.0 Å². The Morgan fingerprint density at radius 2 is 1.35 bits per heavy atom. The van der Waals surface area contributed by atoms with Gasteiger partial charge in [0.15, 0.2) is 0 Å². The standard InChI is InChI=1S/C18H17NO3.2C2H6/c1-22-19-17-16-5-4-15(21)7-13(16)10-18(17)8-11-2-3-14(20)6-12(11)9-18;2*1-2/h2-7,20-21H,8-10H2,1H3;2*1-2H3/b19-17-;;. The van der Waals surface area contributed by atoms with Gasteiger partial charge in [0, 0.05) is 11.0 Å². The molecule has 140 valence electrons. The zero-order valence-electron chi connectivity index (χ0n) is 16.3. The molecule has 26 heavy (non-hydrogen) atoms. The van der Waals surface area contributed by atoms with Crippen molar-refractivity contribution in [1.82, 2.24) is 0 Å². The topological polar surface area (TPSA) is 62.0 Å². The van der Waals surface area contributed by atoms with Crippen molar-refractivity contribution in [3.05, 3.63) is 58.7 Å². The van der Waals surface area contributed by atoms with Gasteiger partial charge in [-0.3, -0.25) is 0 Å². The molecule has 0 saturated heterocycles. The van der Waals surface area contributed by atoms with Crippen LogP contribution in [0.15, 0.2) is 41.6 Å². The molecular formula is C22H29NO3. The molecule has 0 bridgehead atoms. The van der Waals surface area contributed by atoms with E-state index in [0.29, 0.717) is 5.75 Å². The van der Waals surface area contributed by atoms with E-state index < -0.39 is 0 Å². The number of nitrogens with zero attached hydrogens (tertiary/aromatic N) is 1. The van der Waals surface area contributed by atoms with Crippen LogP contribution < -0.4 is 0 Å². The summed E-state index contributed by atoms with van der Waals surface area (Å²) >= 11 is 0. The SMILES string of the molecule is CC.CC.CO/N=C1/c2ccc(O)cc2CC12Cc1ccc(O)cc1C2. The Bertz CT molecular complexity index is 794. The number of phenols is 2. The van der Waals surface area contributed by atoms with E-state index in [0.717, 1.165) is 36.1 Å². The molecule has 2 aromatic carbocycles. The van der Waals surface area contributed by atoms with E-state index in [1.165, 1.54) is 11.1 Å². The predicted octanol–water partition coefficient (Wildman–Crippen LogP) is 4.84. The van der Waals surface area contributed by atoms with Crippen LogP contribution in [0.3, 0.4) is 0 Å². The van der Waals surface area contributed by atoms with Gasteiger partial charge in [-0.15, -0.1) is 0 Å². The van der Waals surface area contributed by atoms with E-state index in [1.807, 2.05) is 52.0 Å². The maximum atomic E-state index is 9.75. The molecule has 2 N–H and O–H groups in total. The summed E-state index contributed by atoms with van der Waals surface area (Å²) in [5.41, 5.74) is 5.38.